The van der Waals surface area contributed by atoms with Crippen molar-refractivity contribution in [1.82, 2.24) is 0 Å². The van der Waals surface area contributed by atoms with E-state index in [0.29, 0.717) is 11.4 Å². The van der Waals surface area contributed by atoms with E-state index in [9.17, 15) is 14.0 Å². The van der Waals surface area contributed by atoms with Crippen LogP contribution in [0.2, 0.25) is 0 Å². The lowest BCUT2D eigenvalue weighted by Crippen LogP contribution is -2.38. The topological polar surface area (TPSA) is 64.6 Å². The van der Waals surface area contributed by atoms with Crippen LogP contribution in [0.15, 0.2) is 60.2 Å². The third kappa shape index (κ3) is 5.10. The number of hydrogen-bond acceptors (Lipinski definition) is 4. The average molecular weight is 395 g/mol. The minimum Gasteiger partial charge on any atom is -0.479 e. The van der Waals surface area contributed by atoms with Crippen molar-refractivity contribution in [2.45, 2.75) is 26.4 Å². The summed E-state index contributed by atoms with van der Waals surface area (Å²) in [5.74, 6) is -0.979. The number of fused-ring (bicyclic) bond motifs is 1. The quantitative estimate of drug-likeness (QED) is 0.586. The van der Waals surface area contributed by atoms with Gasteiger partial charge in [-0.3, -0.25) is 4.79 Å². The molecule has 0 fully saturated rings. The van der Waals surface area contributed by atoms with E-state index in [1.807, 2.05) is 19.9 Å². The third-order valence-electron chi connectivity index (χ3n) is 4.24. The van der Waals surface area contributed by atoms with Gasteiger partial charge in [0.15, 0.2) is 5.60 Å². The minimum absolute atomic E-state index is 0.0742. The molecule has 6 heteroatoms. The summed E-state index contributed by atoms with van der Waals surface area (Å²) in [6.45, 7) is 5.40. The second kappa shape index (κ2) is 8.31. The molecular weight excluding hydrogens is 373 g/mol. The summed E-state index contributed by atoms with van der Waals surface area (Å²) in [5.41, 5.74) is 1.34. The van der Waals surface area contributed by atoms with Gasteiger partial charge in [0.25, 0.3) is 0 Å². The molecule has 0 aromatic heterocycles. The zero-order valence-corrected chi connectivity index (χ0v) is 16.5. The van der Waals surface area contributed by atoms with Crippen molar-refractivity contribution in [1.29, 1.82) is 0 Å². The molecular formula is C23H22FNO4. The molecule has 1 aliphatic heterocycles. The molecule has 150 valence electrons. The number of ether oxygens (including phenoxy) is 2. The average Bonchev–Trinajstić information content (AvgIpc) is 2.66. The van der Waals surface area contributed by atoms with Gasteiger partial charge in [0, 0.05) is 17.3 Å². The number of allylic oxidation sites excluding steroid dienone is 1. The first-order valence-electron chi connectivity index (χ1n) is 9.16. The second-order valence-electron chi connectivity index (χ2n) is 7.27. The maximum absolute atomic E-state index is 13.7. The fourth-order valence-corrected chi connectivity index (χ4v) is 2.83. The van der Waals surface area contributed by atoms with E-state index in [0.717, 1.165) is 11.1 Å². The van der Waals surface area contributed by atoms with Crippen LogP contribution in [0.3, 0.4) is 0 Å². The van der Waals surface area contributed by atoms with Crippen LogP contribution in [0.25, 0.3) is 6.08 Å². The third-order valence-corrected chi connectivity index (χ3v) is 4.24. The highest BCUT2D eigenvalue weighted by Crippen LogP contribution is 2.33. The number of amides is 1. The van der Waals surface area contributed by atoms with E-state index in [2.05, 4.69) is 5.32 Å². The summed E-state index contributed by atoms with van der Waals surface area (Å²) in [6.07, 6.45) is 5.13. The van der Waals surface area contributed by atoms with Crippen molar-refractivity contribution in [2.75, 3.05) is 11.9 Å². The van der Waals surface area contributed by atoms with E-state index in [4.69, 9.17) is 9.47 Å². The van der Waals surface area contributed by atoms with Crippen molar-refractivity contribution >= 4 is 23.6 Å². The van der Waals surface area contributed by atoms with Gasteiger partial charge in [-0.1, -0.05) is 23.8 Å². The molecule has 3 rings (SSSR count). The number of halogens is 1. The van der Waals surface area contributed by atoms with Crippen LogP contribution in [0, 0.1) is 5.82 Å². The van der Waals surface area contributed by atoms with E-state index >= 15 is 0 Å². The summed E-state index contributed by atoms with van der Waals surface area (Å²) in [7, 11) is 0. The van der Waals surface area contributed by atoms with Crippen LogP contribution in [-0.4, -0.2) is 24.1 Å². The Hall–Kier alpha value is -3.41. The van der Waals surface area contributed by atoms with Crippen molar-refractivity contribution in [3.8, 4) is 5.75 Å². The molecule has 1 N–H and O–H groups in total. The molecule has 1 atom stereocenters. The van der Waals surface area contributed by atoms with Gasteiger partial charge in [-0.25, -0.2) is 9.18 Å². The van der Waals surface area contributed by atoms with Crippen LogP contribution < -0.4 is 10.1 Å². The monoisotopic (exact) mass is 395 g/mol. The maximum atomic E-state index is 13.7. The first kappa shape index (κ1) is 20.3. The maximum Gasteiger partial charge on any atom is 0.341 e. The van der Waals surface area contributed by atoms with E-state index in [1.165, 1.54) is 24.3 Å². The van der Waals surface area contributed by atoms with Crippen LogP contribution in [0.1, 0.15) is 36.7 Å². The number of carbonyl (C=O) groups excluding carboxylic acids is 2. The molecule has 0 spiro atoms. The normalized spacial score (nSPS) is 17.0. The molecule has 5 nitrogen and oxygen atoms in total. The van der Waals surface area contributed by atoms with Crippen LogP contribution in [0.5, 0.6) is 5.75 Å². The Morgan fingerprint density at radius 3 is 2.69 bits per heavy atom. The van der Waals surface area contributed by atoms with E-state index in [1.54, 1.807) is 37.3 Å². The van der Waals surface area contributed by atoms with Gasteiger partial charge < -0.3 is 14.8 Å². The lowest BCUT2D eigenvalue weighted by Gasteiger charge is -2.31. The first-order chi connectivity index (χ1) is 13.8. The first-order valence-corrected chi connectivity index (χ1v) is 9.16. The highest BCUT2D eigenvalue weighted by molar-refractivity contribution is 6.00. The van der Waals surface area contributed by atoms with E-state index < -0.39 is 17.4 Å². The lowest BCUT2D eigenvalue weighted by molar-refractivity contribution is -0.111. The van der Waals surface area contributed by atoms with E-state index in [-0.39, 0.29) is 18.1 Å². The Balaban J connectivity index is 1.67. The fourth-order valence-electron chi connectivity index (χ4n) is 2.83. The predicted molar refractivity (Wildman–Crippen MR) is 109 cm³/mol. The Morgan fingerprint density at radius 2 is 1.97 bits per heavy atom. The fraction of sp³-hybridized carbons (Fsp3) is 0.217. The van der Waals surface area contributed by atoms with Crippen molar-refractivity contribution in [3.63, 3.8) is 0 Å². The molecule has 1 unspecified atom stereocenters. The number of rotatable bonds is 5. The predicted octanol–water partition coefficient (Wildman–Crippen LogP) is 4.75. The summed E-state index contributed by atoms with van der Waals surface area (Å²) < 4.78 is 25.0. The number of carbonyl (C=O) groups is 2. The highest BCUT2D eigenvalue weighted by atomic mass is 19.1. The van der Waals surface area contributed by atoms with Crippen LogP contribution in [0.4, 0.5) is 10.1 Å². The molecule has 2 aromatic rings. The summed E-state index contributed by atoms with van der Waals surface area (Å²) in [6, 6.07) is 10.9. The number of anilines is 1. The smallest absolute Gasteiger partial charge is 0.341 e. The van der Waals surface area contributed by atoms with Gasteiger partial charge in [-0.15, -0.1) is 0 Å². The Kier molecular flexibility index (Phi) is 5.82. The van der Waals surface area contributed by atoms with Crippen LogP contribution >= 0.6 is 0 Å². The largest absolute Gasteiger partial charge is 0.479 e. The molecule has 0 radical (unpaired) electrons. The lowest BCUT2D eigenvalue weighted by atomic mass is 10.0. The molecule has 1 aliphatic rings. The Labute approximate surface area is 168 Å². The van der Waals surface area contributed by atoms with Gasteiger partial charge >= 0.3 is 5.97 Å². The Morgan fingerprint density at radius 1 is 1.21 bits per heavy atom. The Bertz CT molecular complexity index is 1010. The van der Waals surface area contributed by atoms with Gasteiger partial charge in [0.1, 0.15) is 18.2 Å². The van der Waals surface area contributed by atoms with Gasteiger partial charge in [0.05, 0.1) is 5.56 Å². The summed E-state index contributed by atoms with van der Waals surface area (Å²) in [4.78, 5) is 24.0. The standard InChI is InChI=1S/C23H22FNO4/c1-15(2)12-21(26)25-17-8-9-20-16(13-17)10-11-23(3,29-20)14-28-22(27)18-6-4-5-7-19(18)24/h4-13H,14H2,1-3H3,(H,25,26). The van der Waals surface area contributed by atoms with Crippen molar-refractivity contribution in [2.24, 2.45) is 0 Å². The molecule has 0 aliphatic carbocycles. The zero-order valence-electron chi connectivity index (χ0n) is 16.5. The summed E-state index contributed by atoms with van der Waals surface area (Å²) >= 11 is 0. The zero-order chi connectivity index (χ0) is 21.0. The molecule has 1 amide bonds. The van der Waals surface area contributed by atoms with Gasteiger partial charge in [-0.2, -0.15) is 0 Å². The van der Waals surface area contributed by atoms with Crippen molar-refractivity contribution < 1.29 is 23.5 Å². The SMILES string of the molecule is CC(C)=CC(=O)Nc1ccc2c(c1)C=CC(C)(COC(=O)c1ccccc1F)O2. The number of hydrogen-bond donors (Lipinski definition) is 1. The van der Waals surface area contributed by atoms with Gasteiger partial charge in [-0.05, 0) is 57.2 Å². The molecule has 1 heterocycles. The molecule has 0 saturated carbocycles. The number of esters is 1. The molecule has 0 saturated heterocycles. The number of nitrogens with one attached hydrogen (secondary N) is 1. The number of benzene rings is 2. The molecule has 0 bridgehead atoms. The summed E-state index contributed by atoms with van der Waals surface area (Å²) in [5, 5.41) is 2.80. The minimum atomic E-state index is -0.888. The van der Waals surface area contributed by atoms with Crippen molar-refractivity contribution in [3.05, 3.63) is 77.1 Å². The van der Waals surface area contributed by atoms with Gasteiger partial charge in [0.2, 0.25) is 5.91 Å². The highest BCUT2D eigenvalue weighted by Gasteiger charge is 2.30. The molecule has 29 heavy (non-hydrogen) atoms. The molecule has 2 aromatic carbocycles. The van der Waals surface area contributed by atoms with Crippen LogP contribution in [-0.2, 0) is 9.53 Å². The second-order valence-corrected chi connectivity index (χ2v) is 7.27.